The summed E-state index contributed by atoms with van der Waals surface area (Å²) in [7, 11) is 0. The molecule has 0 aliphatic heterocycles. The Labute approximate surface area is 139 Å². The summed E-state index contributed by atoms with van der Waals surface area (Å²) in [5.74, 6) is 1.10. The lowest BCUT2D eigenvalue weighted by Gasteiger charge is -2.31. The fourth-order valence-electron chi connectivity index (χ4n) is 2.94. The van der Waals surface area contributed by atoms with Gasteiger partial charge in [0.2, 0.25) is 0 Å². The van der Waals surface area contributed by atoms with Crippen LogP contribution in [-0.4, -0.2) is 35.7 Å². The van der Waals surface area contributed by atoms with E-state index < -0.39 is 5.60 Å². The smallest absolute Gasteiger partial charge is 0.410 e. The number of rotatable bonds is 5. The van der Waals surface area contributed by atoms with Gasteiger partial charge in [0, 0.05) is 37.2 Å². The van der Waals surface area contributed by atoms with Crippen molar-refractivity contribution in [2.24, 2.45) is 0 Å². The van der Waals surface area contributed by atoms with E-state index in [2.05, 4.69) is 11.4 Å². The first-order valence-corrected chi connectivity index (χ1v) is 8.57. The summed E-state index contributed by atoms with van der Waals surface area (Å²) in [5, 5.41) is 3.56. The normalized spacial score (nSPS) is 17.9. The number of furan rings is 1. The predicted molar refractivity (Wildman–Crippen MR) is 90.5 cm³/mol. The second kappa shape index (κ2) is 7.39. The zero-order valence-corrected chi connectivity index (χ0v) is 15.0. The maximum atomic E-state index is 12.3. The summed E-state index contributed by atoms with van der Waals surface area (Å²) in [6.07, 6.45) is 4.79. The topological polar surface area (TPSA) is 54.7 Å². The molecule has 1 heterocycles. The van der Waals surface area contributed by atoms with E-state index in [4.69, 9.17) is 9.15 Å². The average molecular weight is 322 g/mol. The number of nitrogens with one attached hydrogen (secondary N) is 1. The first-order valence-electron chi connectivity index (χ1n) is 8.57. The van der Waals surface area contributed by atoms with Crippen molar-refractivity contribution in [3.63, 3.8) is 0 Å². The molecule has 5 heteroatoms. The van der Waals surface area contributed by atoms with Crippen molar-refractivity contribution in [1.29, 1.82) is 0 Å². The summed E-state index contributed by atoms with van der Waals surface area (Å²) in [6.45, 7) is 11.1. The number of carbonyl (C=O) groups excluding carboxylic acids is 1. The molecule has 0 aromatic carbocycles. The Morgan fingerprint density at radius 1 is 1.48 bits per heavy atom. The summed E-state index contributed by atoms with van der Waals surface area (Å²) in [5.41, 5.74) is 0.803. The molecule has 1 amide bonds. The van der Waals surface area contributed by atoms with Gasteiger partial charge in [0.1, 0.15) is 11.4 Å². The van der Waals surface area contributed by atoms with Crippen LogP contribution in [0.3, 0.4) is 0 Å². The minimum Gasteiger partial charge on any atom is -0.469 e. The van der Waals surface area contributed by atoms with Crippen LogP contribution in [0.2, 0.25) is 0 Å². The number of carbonyl (C=O) groups is 1. The predicted octanol–water partition coefficient (Wildman–Crippen LogP) is 3.89. The van der Waals surface area contributed by atoms with Gasteiger partial charge in [-0.15, -0.1) is 0 Å². The number of hydrogen-bond donors (Lipinski definition) is 1. The van der Waals surface area contributed by atoms with E-state index in [0.29, 0.717) is 12.6 Å². The van der Waals surface area contributed by atoms with Crippen molar-refractivity contribution in [1.82, 2.24) is 10.2 Å². The summed E-state index contributed by atoms with van der Waals surface area (Å²) in [6, 6.07) is 2.49. The maximum Gasteiger partial charge on any atom is 0.410 e. The Bertz CT molecular complexity index is 517. The van der Waals surface area contributed by atoms with Gasteiger partial charge in [-0.2, -0.15) is 0 Å². The van der Waals surface area contributed by atoms with Crippen LogP contribution in [0, 0.1) is 0 Å². The van der Waals surface area contributed by atoms with Crippen LogP contribution >= 0.6 is 0 Å². The third-order valence-corrected chi connectivity index (χ3v) is 4.05. The summed E-state index contributed by atoms with van der Waals surface area (Å²) >= 11 is 0. The Balaban J connectivity index is 1.87. The van der Waals surface area contributed by atoms with Crippen molar-refractivity contribution >= 4 is 6.09 Å². The van der Waals surface area contributed by atoms with Crippen LogP contribution in [0.4, 0.5) is 4.79 Å². The first-order chi connectivity index (χ1) is 10.8. The Kier molecular flexibility index (Phi) is 5.74. The number of hydrogen-bond acceptors (Lipinski definition) is 4. The molecular weight excluding hydrogens is 292 g/mol. The van der Waals surface area contributed by atoms with E-state index in [1.54, 1.807) is 11.2 Å². The lowest BCUT2D eigenvalue weighted by molar-refractivity contribution is 0.0192. The molecule has 23 heavy (non-hydrogen) atoms. The van der Waals surface area contributed by atoms with Crippen molar-refractivity contribution in [3.8, 4) is 0 Å². The zero-order chi connectivity index (χ0) is 17.0. The van der Waals surface area contributed by atoms with Crippen LogP contribution in [0.15, 0.2) is 16.7 Å². The molecule has 1 aromatic heterocycles. The van der Waals surface area contributed by atoms with E-state index in [0.717, 1.165) is 31.6 Å². The van der Waals surface area contributed by atoms with E-state index >= 15 is 0 Å². The van der Waals surface area contributed by atoms with Gasteiger partial charge in [-0.1, -0.05) is 0 Å². The van der Waals surface area contributed by atoms with Crippen LogP contribution < -0.4 is 5.32 Å². The lowest BCUT2D eigenvalue weighted by atomic mass is 9.93. The highest BCUT2D eigenvalue weighted by Gasteiger charge is 2.25. The minimum absolute atomic E-state index is 0.113. The van der Waals surface area contributed by atoms with E-state index in [9.17, 15) is 4.79 Å². The molecular formula is C18H30N2O3. The van der Waals surface area contributed by atoms with Gasteiger partial charge in [0.25, 0.3) is 0 Å². The lowest BCUT2D eigenvalue weighted by Crippen LogP contribution is -2.44. The number of amides is 1. The van der Waals surface area contributed by atoms with Crippen molar-refractivity contribution < 1.29 is 13.9 Å². The summed E-state index contributed by atoms with van der Waals surface area (Å²) < 4.78 is 11.0. The van der Waals surface area contributed by atoms with Crippen molar-refractivity contribution in [2.45, 2.75) is 71.6 Å². The number of ether oxygens (including phenoxy) is 1. The second-order valence-electron chi connectivity index (χ2n) is 7.47. The maximum absolute atomic E-state index is 12.3. The highest BCUT2D eigenvalue weighted by atomic mass is 16.6. The molecule has 0 saturated carbocycles. The molecule has 1 atom stereocenters. The van der Waals surface area contributed by atoms with Gasteiger partial charge < -0.3 is 19.4 Å². The number of nitrogens with zero attached hydrogens (tertiary/aromatic N) is 1. The molecule has 1 N–H and O–H groups in total. The third-order valence-electron chi connectivity index (χ3n) is 4.05. The molecule has 0 spiro atoms. The zero-order valence-electron chi connectivity index (χ0n) is 15.0. The van der Waals surface area contributed by atoms with E-state index in [1.165, 1.54) is 5.56 Å². The quantitative estimate of drug-likeness (QED) is 0.893. The molecule has 1 aliphatic rings. The average Bonchev–Trinajstić information content (AvgIpc) is 2.90. The van der Waals surface area contributed by atoms with Gasteiger partial charge in [-0.05, 0) is 53.5 Å². The Morgan fingerprint density at radius 3 is 2.87 bits per heavy atom. The molecule has 1 aromatic rings. The third kappa shape index (κ3) is 4.99. The second-order valence-corrected chi connectivity index (χ2v) is 7.47. The van der Waals surface area contributed by atoms with Gasteiger partial charge in [0.15, 0.2) is 0 Å². The van der Waals surface area contributed by atoms with Gasteiger partial charge in [-0.25, -0.2) is 4.79 Å². The van der Waals surface area contributed by atoms with Crippen molar-refractivity contribution in [2.75, 3.05) is 13.1 Å². The SMILES string of the molecule is CC(C)N(CCNC1CCCc2occc21)C(=O)OC(C)(C)C. The highest BCUT2D eigenvalue weighted by Crippen LogP contribution is 2.30. The van der Waals surface area contributed by atoms with Crippen LogP contribution in [0.1, 0.15) is 64.8 Å². The van der Waals surface area contributed by atoms with Crippen LogP contribution in [0.25, 0.3) is 0 Å². The molecule has 0 fully saturated rings. The molecule has 1 unspecified atom stereocenters. The first kappa shape index (κ1) is 17.9. The van der Waals surface area contributed by atoms with Gasteiger partial charge >= 0.3 is 6.09 Å². The van der Waals surface area contributed by atoms with Crippen molar-refractivity contribution in [3.05, 3.63) is 23.7 Å². The number of aryl methyl sites for hydroxylation is 1. The molecule has 2 rings (SSSR count). The molecule has 0 bridgehead atoms. The van der Waals surface area contributed by atoms with Gasteiger partial charge in [0.05, 0.1) is 6.26 Å². The van der Waals surface area contributed by atoms with E-state index in [-0.39, 0.29) is 12.1 Å². The minimum atomic E-state index is -0.466. The summed E-state index contributed by atoms with van der Waals surface area (Å²) in [4.78, 5) is 14.1. The van der Waals surface area contributed by atoms with Crippen LogP contribution in [0.5, 0.6) is 0 Å². The number of fused-ring (bicyclic) bond motifs is 1. The van der Waals surface area contributed by atoms with Gasteiger partial charge in [-0.3, -0.25) is 0 Å². The Morgan fingerprint density at radius 2 is 2.22 bits per heavy atom. The molecule has 0 saturated heterocycles. The standard InChI is InChI=1S/C18H30N2O3/c1-13(2)20(17(21)23-18(3,4)5)11-10-19-15-7-6-8-16-14(15)9-12-22-16/h9,12-13,15,19H,6-8,10-11H2,1-5H3. The fourth-order valence-corrected chi connectivity index (χ4v) is 2.94. The molecule has 130 valence electrons. The van der Waals surface area contributed by atoms with E-state index in [1.807, 2.05) is 34.6 Å². The monoisotopic (exact) mass is 322 g/mol. The molecule has 1 aliphatic carbocycles. The fraction of sp³-hybridized carbons (Fsp3) is 0.722. The Hall–Kier alpha value is -1.49. The van der Waals surface area contributed by atoms with Crippen LogP contribution in [-0.2, 0) is 11.2 Å². The highest BCUT2D eigenvalue weighted by molar-refractivity contribution is 5.68. The molecule has 5 nitrogen and oxygen atoms in total. The largest absolute Gasteiger partial charge is 0.469 e. The molecule has 0 radical (unpaired) electrons.